The number of hydrogen-bond donors (Lipinski definition) is 0. The molecule has 0 aromatic heterocycles. The molecule has 3 aromatic carbocycles. The first kappa shape index (κ1) is 42.8. The summed E-state index contributed by atoms with van der Waals surface area (Å²) < 4.78 is 43.1. The van der Waals surface area contributed by atoms with Crippen molar-refractivity contribution in [1.29, 1.82) is 0 Å². The average molecular weight is 728 g/mol. The van der Waals surface area contributed by atoms with E-state index in [-0.39, 0.29) is 66.8 Å². The third-order valence-electron chi connectivity index (χ3n) is 9.05. The van der Waals surface area contributed by atoms with Gasteiger partial charge in [0.1, 0.15) is 12.2 Å². The van der Waals surface area contributed by atoms with Crippen molar-refractivity contribution in [3.8, 4) is 0 Å². The fourth-order valence-electron chi connectivity index (χ4n) is 5.31. The van der Waals surface area contributed by atoms with Gasteiger partial charge in [0.25, 0.3) is 11.9 Å². The zero-order valence-corrected chi connectivity index (χ0v) is 34.0. The van der Waals surface area contributed by atoms with Crippen LogP contribution in [0, 0.1) is 5.92 Å². The molecule has 269 valence electrons. The maximum Gasteiger partial charge on any atom is 1.00 e. The van der Waals surface area contributed by atoms with E-state index in [2.05, 4.69) is 33.9 Å². The van der Waals surface area contributed by atoms with Crippen LogP contribution in [0.3, 0.4) is 0 Å². The van der Waals surface area contributed by atoms with Gasteiger partial charge < -0.3 is 32.6 Å². The summed E-state index contributed by atoms with van der Waals surface area (Å²) >= 11 is 0. The van der Waals surface area contributed by atoms with Crippen LogP contribution in [-0.4, -0.2) is 64.4 Å². The quantitative estimate of drug-likeness (QED) is 0.203. The van der Waals surface area contributed by atoms with Gasteiger partial charge >= 0.3 is 36.9 Å². The van der Waals surface area contributed by atoms with E-state index in [1.165, 1.54) is 13.8 Å². The Kier molecular flexibility index (Phi) is 16.8. The van der Waals surface area contributed by atoms with Crippen molar-refractivity contribution in [2.24, 2.45) is 5.92 Å². The number of hydrogen-bond acceptors (Lipinski definition) is 10. The second-order valence-electron chi connectivity index (χ2n) is 13.9. The monoisotopic (exact) mass is 727 g/mol. The van der Waals surface area contributed by atoms with E-state index < -0.39 is 57.9 Å². The molecule has 1 saturated carbocycles. The van der Waals surface area contributed by atoms with Crippen LogP contribution in [0.15, 0.2) is 91.0 Å². The minimum absolute atomic E-state index is 0. The van der Waals surface area contributed by atoms with Gasteiger partial charge in [-0.25, -0.2) is 0 Å². The summed E-state index contributed by atoms with van der Waals surface area (Å²) in [6, 6.07) is 28.6. The van der Waals surface area contributed by atoms with E-state index >= 15 is 0 Å². The van der Waals surface area contributed by atoms with Crippen LogP contribution in [0.4, 0.5) is 0 Å². The standard InChI is InChI=1S/C38H49BO10Si.Na/c1-27(40)47-39(48-28(2)41)49-37-35(44-24-30-19-13-9-14-20-30)33(42)32(26-46-50(6,7)38(3,4)5)34(43-23-29-17-11-8-12-18-29)36(37)45-25-31-21-15-10-16-22-31;/h8-22,32,34-37H,23-26H2,1-7H3;/q-1;+1/t32-,34+,35+,36-,37+;/m0./s1. The molecule has 13 heteroatoms. The number of rotatable bonds is 16. The second-order valence-corrected chi connectivity index (χ2v) is 18.7. The Morgan fingerprint density at radius 2 is 1.08 bits per heavy atom. The van der Waals surface area contributed by atoms with E-state index in [1.807, 2.05) is 91.0 Å². The van der Waals surface area contributed by atoms with Crippen molar-refractivity contribution in [1.82, 2.24) is 0 Å². The van der Waals surface area contributed by atoms with Crippen LogP contribution < -0.4 is 29.6 Å². The van der Waals surface area contributed by atoms with Gasteiger partial charge in [-0.2, -0.15) is 0 Å². The first-order valence-electron chi connectivity index (χ1n) is 16.9. The Labute approximate surface area is 325 Å². The number of Topliss-reactive ketones (excluding diaryl/α,β-unsaturated/α-hetero) is 1. The van der Waals surface area contributed by atoms with Gasteiger partial charge in [0.15, 0.2) is 14.1 Å². The average Bonchev–Trinajstić information content (AvgIpc) is 3.06. The number of benzene rings is 3. The molecule has 1 aliphatic carbocycles. The minimum atomic E-state index is -2.34. The summed E-state index contributed by atoms with van der Waals surface area (Å²) in [6.07, 6.45) is -4.34. The summed E-state index contributed by atoms with van der Waals surface area (Å²) in [7, 11) is -4.11. The Hall–Kier alpha value is -2.65. The van der Waals surface area contributed by atoms with E-state index in [0.29, 0.717) is 0 Å². The van der Waals surface area contributed by atoms with Crippen molar-refractivity contribution in [2.45, 2.75) is 97.0 Å². The molecule has 0 unspecified atom stereocenters. The van der Waals surface area contributed by atoms with Crippen LogP contribution in [-0.2, 0) is 66.8 Å². The summed E-state index contributed by atoms with van der Waals surface area (Å²) in [6.45, 7) is 13.4. The number of carbonyl (C=O) groups excluding carboxylic acids is 3. The van der Waals surface area contributed by atoms with Crippen LogP contribution in [0.25, 0.3) is 0 Å². The van der Waals surface area contributed by atoms with E-state index in [1.54, 1.807) is 0 Å². The topological polar surface area (TPSA) is 116 Å². The molecule has 10 nitrogen and oxygen atoms in total. The summed E-state index contributed by atoms with van der Waals surface area (Å²) in [5.74, 6) is -2.65. The Morgan fingerprint density at radius 3 is 1.49 bits per heavy atom. The molecule has 0 heterocycles. The van der Waals surface area contributed by atoms with Crippen molar-refractivity contribution in [2.75, 3.05) is 6.61 Å². The van der Waals surface area contributed by atoms with Gasteiger partial charge in [-0.1, -0.05) is 112 Å². The SMILES string of the molecule is CC(=O)O[B-](OC(C)=O)O[C@H]1[C@@H](OCc2ccccc2)[C@H](OCc2ccccc2)[C@@H](CO[Si](C)(C)C(C)(C)C)C(=O)[C@H]1OCc1ccccc1.[Na+]. The molecule has 0 N–H and O–H groups in total. The molecular formula is C38H49BNaO10Si. The molecule has 51 heavy (non-hydrogen) atoms. The molecule has 0 amide bonds. The second kappa shape index (κ2) is 20.0. The van der Waals surface area contributed by atoms with Crippen LogP contribution in [0.1, 0.15) is 51.3 Å². The molecular weight excluding hydrogens is 678 g/mol. The predicted molar refractivity (Wildman–Crippen MR) is 191 cm³/mol. The van der Waals surface area contributed by atoms with Gasteiger partial charge in [-0.3, -0.25) is 14.4 Å². The Morgan fingerprint density at radius 1 is 0.667 bits per heavy atom. The van der Waals surface area contributed by atoms with Crippen LogP contribution in [0.5, 0.6) is 0 Å². The zero-order valence-electron chi connectivity index (χ0n) is 31.0. The maximum atomic E-state index is 14.8. The van der Waals surface area contributed by atoms with Crippen molar-refractivity contribution in [3.63, 3.8) is 0 Å². The smallest absolute Gasteiger partial charge is 0.653 e. The molecule has 5 atom stereocenters. The molecule has 3 aromatic rings. The van der Waals surface area contributed by atoms with Crippen molar-refractivity contribution >= 4 is 33.4 Å². The van der Waals surface area contributed by atoms with Crippen molar-refractivity contribution in [3.05, 3.63) is 108 Å². The van der Waals surface area contributed by atoms with Crippen LogP contribution in [0.2, 0.25) is 18.1 Å². The fourth-order valence-corrected chi connectivity index (χ4v) is 6.34. The molecule has 0 spiro atoms. The third-order valence-corrected chi connectivity index (χ3v) is 13.6. The molecule has 0 aliphatic heterocycles. The molecule has 1 fully saturated rings. The number of ether oxygens (including phenoxy) is 3. The first-order valence-corrected chi connectivity index (χ1v) is 19.8. The molecule has 4 rings (SSSR count). The zero-order chi connectivity index (χ0) is 36.3. The first-order chi connectivity index (χ1) is 23.7. The predicted octanol–water partition coefficient (Wildman–Crippen LogP) is 3.46. The van der Waals surface area contributed by atoms with Gasteiger partial charge in [-0.15, -0.1) is 0 Å². The molecule has 1 aliphatic rings. The summed E-state index contributed by atoms with van der Waals surface area (Å²) in [4.78, 5) is 39.0. The minimum Gasteiger partial charge on any atom is -0.653 e. The van der Waals surface area contributed by atoms with Gasteiger partial charge in [0, 0.05) is 20.5 Å². The van der Waals surface area contributed by atoms with E-state index in [9.17, 15) is 14.4 Å². The molecule has 0 saturated heterocycles. The third kappa shape index (κ3) is 12.8. The normalized spacial score (nSPS) is 20.8. The van der Waals surface area contributed by atoms with Crippen LogP contribution >= 0.6 is 0 Å². The Balaban J connectivity index is 0.00000702. The molecule has 1 radical (unpaired) electrons. The fraction of sp³-hybridized carbons (Fsp3) is 0.447. The van der Waals surface area contributed by atoms with Gasteiger partial charge in [0.05, 0.1) is 37.9 Å². The van der Waals surface area contributed by atoms with Gasteiger partial charge in [-0.05, 0) is 34.8 Å². The van der Waals surface area contributed by atoms with E-state index in [0.717, 1.165) is 16.7 Å². The van der Waals surface area contributed by atoms with E-state index in [4.69, 9.17) is 32.6 Å². The summed E-state index contributed by atoms with van der Waals surface area (Å²) in [5, 5.41) is -0.121. The Bertz CT molecular complexity index is 1510. The molecule has 0 bridgehead atoms. The maximum absolute atomic E-state index is 14.8. The summed E-state index contributed by atoms with van der Waals surface area (Å²) in [5.41, 5.74) is 2.59. The number of ketones is 1. The van der Waals surface area contributed by atoms with Crippen molar-refractivity contribution < 1.29 is 76.5 Å². The van der Waals surface area contributed by atoms with Gasteiger partial charge in [0.2, 0.25) is 0 Å². The largest absolute Gasteiger partial charge is 1.00 e. The number of carbonyl (C=O) groups is 3.